The third-order valence-electron chi connectivity index (χ3n) is 4.06. The normalized spacial score (nSPS) is 25.0. The van der Waals surface area contributed by atoms with E-state index in [1.54, 1.807) is 4.90 Å². The fraction of sp³-hybridized carbons (Fsp3) is 0.611. The highest BCUT2D eigenvalue weighted by Crippen LogP contribution is 2.19. The minimum atomic E-state index is 0.136. The Balaban J connectivity index is 1.78. The summed E-state index contributed by atoms with van der Waals surface area (Å²) in [6.45, 7) is 10.0. The molecule has 0 amide bonds. The van der Waals surface area contributed by atoms with Gasteiger partial charge in [0.05, 0.1) is 18.7 Å². The van der Waals surface area contributed by atoms with Crippen LogP contribution < -0.4 is 9.64 Å². The zero-order chi connectivity index (χ0) is 15.9. The summed E-state index contributed by atoms with van der Waals surface area (Å²) < 4.78 is 11.6. The number of benzene rings is 1. The number of para-hydroxylation sites is 1. The molecule has 0 radical (unpaired) electrons. The van der Waals surface area contributed by atoms with Crippen LogP contribution in [-0.2, 0) is 4.74 Å². The molecule has 0 aromatic heterocycles. The lowest BCUT2D eigenvalue weighted by atomic mass is 10.1. The highest BCUT2D eigenvalue weighted by Gasteiger charge is 2.24. The molecule has 4 nitrogen and oxygen atoms in total. The SMILES string of the molecule is CCC(=O)c1ccccc1OCCC[NH+]1C[C@H](C)O[C@@H](C)C1. The minimum Gasteiger partial charge on any atom is -0.493 e. The molecule has 1 aliphatic rings. The predicted molar refractivity (Wildman–Crippen MR) is 86.7 cm³/mol. The summed E-state index contributed by atoms with van der Waals surface area (Å²) in [5.74, 6) is 0.852. The maximum absolute atomic E-state index is 11.9. The maximum atomic E-state index is 11.9. The summed E-state index contributed by atoms with van der Waals surface area (Å²) in [5, 5.41) is 0. The molecule has 22 heavy (non-hydrogen) atoms. The Labute approximate surface area is 133 Å². The number of carbonyl (C=O) groups is 1. The van der Waals surface area contributed by atoms with Crippen molar-refractivity contribution in [3.63, 3.8) is 0 Å². The number of ether oxygens (including phenoxy) is 2. The smallest absolute Gasteiger partial charge is 0.166 e. The Hall–Kier alpha value is -1.39. The number of nitrogens with one attached hydrogen (secondary N) is 1. The molecule has 1 saturated heterocycles. The highest BCUT2D eigenvalue weighted by molar-refractivity contribution is 5.98. The molecule has 1 N–H and O–H groups in total. The number of ketones is 1. The lowest BCUT2D eigenvalue weighted by Gasteiger charge is -2.32. The standard InChI is InChI=1S/C18H27NO3/c1-4-17(20)16-8-5-6-9-18(16)21-11-7-10-19-12-14(2)22-15(3)13-19/h5-6,8-9,14-15H,4,7,10-13H2,1-3H3/p+1/t14-,15-/m0/s1. The Morgan fingerprint density at radius 1 is 1.27 bits per heavy atom. The number of hydrogen-bond donors (Lipinski definition) is 1. The fourth-order valence-corrected chi connectivity index (χ4v) is 3.11. The van der Waals surface area contributed by atoms with E-state index >= 15 is 0 Å². The summed E-state index contributed by atoms with van der Waals surface area (Å²) in [6.07, 6.45) is 2.17. The van der Waals surface area contributed by atoms with Crippen LogP contribution in [0.1, 0.15) is 44.0 Å². The zero-order valence-electron chi connectivity index (χ0n) is 13.9. The molecule has 1 aromatic carbocycles. The van der Waals surface area contributed by atoms with Gasteiger partial charge in [-0.3, -0.25) is 4.79 Å². The highest BCUT2D eigenvalue weighted by atomic mass is 16.5. The number of morpholine rings is 1. The predicted octanol–water partition coefficient (Wildman–Crippen LogP) is 1.74. The Morgan fingerprint density at radius 2 is 1.95 bits per heavy atom. The van der Waals surface area contributed by atoms with Crippen molar-refractivity contribution in [2.24, 2.45) is 0 Å². The molecule has 0 bridgehead atoms. The van der Waals surface area contributed by atoms with Crippen molar-refractivity contribution in [3.05, 3.63) is 29.8 Å². The Kier molecular flexibility index (Phi) is 6.40. The van der Waals surface area contributed by atoms with Gasteiger partial charge in [0, 0.05) is 12.8 Å². The van der Waals surface area contributed by atoms with Crippen molar-refractivity contribution in [1.82, 2.24) is 0 Å². The number of hydrogen-bond acceptors (Lipinski definition) is 3. The van der Waals surface area contributed by atoms with Gasteiger partial charge >= 0.3 is 0 Å². The number of quaternary nitrogens is 1. The van der Waals surface area contributed by atoms with Gasteiger partial charge in [-0.15, -0.1) is 0 Å². The van der Waals surface area contributed by atoms with E-state index < -0.39 is 0 Å². The van der Waals surface area contributed by atoms with E-state index in [4.69, 9.17) is 9.47 Å². The molecule has 0 unspecified atom stereocenters. The monoisotopic (exact) mass is 306 g/mol. The average Bonchev–Trinajstić information content (AvgIpc) is 2.50. The van der Waals surface area contributed by atoms with Crippen LogP contribution >= 0.6 is 0 Å². The van der Waals surface area contributed by atoms with Crippen LogP contribution in [0.5, 0.6) is 5.75 Å². The molecule has 2 rings (SSSR count). The van der Waals surface area contributed by atoms with Crippen LogP contribution in [0.15, 0.2) is 24.3 Å². The summed E-state index contributed by atoms with van der Waals surface area (Å²) in [7, 11) is 0. The first-order chi connectivity index (χ1) is 10.6. The van der Waals surface area contributed by atoms with E-state index in [1.807, 2.05) is 31.2 Å². The zero-order valence-corrected chi connectivity index (χ0v) is 13.9. The van der Waals surface area contributed by atoms with Crippen LogP contribution in [0.3, 0.4) is 0 Å². The van der Waals surface area contributed by atoms with Crippen molar-refractivity contribution in [1.29, 1.82) is 0 Å². The van der Waals surface area contributed by atoms with Gasteiger partial charge in [-0.05, 0) is 26.0 Å². The quantitative estimate of drug-likeness (QED) is 0.616. The van der Waals surface area contributed by atoms with Crippen molar-refractivity contribution in [2.45, 2.75) is 45.8 Å². The molecule has 1 aliphatic heterocycles. The molecule has 1 heterocycles. The van der Waals surface area contributed by atoms with Gasteiger partial charge in [0.15, 0.2) is 5.78 Å². The van der Waals surface area contributed by atoms with Crippen LogP contribution in [0, 0.1) is 0 Å². The molecule has 1 fully saturated rings. The molecular formula is C18H28NO3+. The van der Waals surface area contributed by atoms with E-state index in [0.717, 1.165) is 26.1 Å². The minimum absolute atomic E-state index is 0.136. The van der Waals surface area contributed by atoms with Gasteiger partial charge in [0.25, 0.3) is 0 Å². The number of carbonyl (C=O) groups excluding carboxylic acids is 1. The maximum Gasteiger partial charge on any atom is 0.166 e. The lowest BCUT2D eigenvalue weighted by molar-refractivity contribution is -0.915. The summed E-state index contributed by atoms with van der Waals surface area (Å²) in [5.41, 5.74) is 0.700. The van der Waals surface area contributed by atoms with Crippen LogP contribution in [-0.4, -0.2) is 44.2 Å². The van der Waals surface area contributed by atoms with Crippen molar-refractivity contribution < 1.29 is 19.2 Å². The number of Topliss-reactive ketones (excluding diaryl/α,β-unsaturated/α-hetero) is 1. The average molecular weight is 306 g/mol. The Bertz CT molecular complexity index is 479. The first-order valence-corrected chi connectivity index (χ1v) is 8.34. The third-order valence-corrected chi connectivity index (χ3v) is 4.06. The number of rotatable bonds is 7. The second-order valence-corrected chi connectivity index (χ2v) is 6.14. The van der Waals surface area contributed by atoms with Crippen molar-refractivity contribution >= 4 is 5.78 Å². The molecule has 1 aromatic rings. The Morgan fingerprint density at radius 3 is 2.64 bits per heavy atom. The fourth-order valence-electron chi connectivity index (χ4n) is 3.11. The van der Waals surface area contributed by atoms with E-state index in [0.29, 0.717) is 36.5 Å². The van der Waals surface area contributed by atoms with Gasteiger partial charge in [-0.2, -0.15) is 0 Å². The van der Waals surface area contributed by atoms with Crippen LogP contribution in [0.2, 0.25) is 0 Å². The van der Waals surface area contributed by atoms with E-state index in [2.05, 4.69) is 13.8 Å². The molecule has 0 spiro atoms. The summed E-state index contributed by atoms with van der Waals surface area (Å²) in [6, 6.07) is 7.53. The van der Waals surface area contributed by atoms with Crippen LogP contribution in [0.25, 0.3) is 0 Å². The van der Waals surface area contributed by atoms with Crippen LogP contribution in [0.4, 0.5) is 0 Å². The second-order valence-electron chi connectivity index (χ2n) is 6.14. The van der Waals surface area contributed by atoms with E-state index in [1.165, 1.54) is 0 Å². The summed E-state index contributed by atoms with van der Waals surface area (Å²) in [4.78, 5) is 13.5. The van der Waals surface area contributed by atoms with E-state index in [9.17, 15) is 4.79 Å². The summed E-state index contributed by atoms with van der Waals surface area (Å²) >= 11 is 0. The van der Waals surface area contributed by atoms with Gasteiger partial charge in [0.2, 0.25) is 0 Å². The third kappa shape index (κ3) is 4.82. The van der Waals surface area contributed by atoms with Crippen molar-refractivity contribution in [2.75, 3.05) is 26.2 Å². The topological polar surface area (TPSA) is 40.0 Å². The molecule has 122 valence electrons. The molecular weight excluding hydrogens is 278 g/mol. The first kappa shape index (κ1) is 17.0. The van der Waals surface area contributed by atoms with Gasteiger partial charge in [-0.1, -0.05) is 19.1 Å². The lowest BCUT2D eigenvalue weighted by Crippen LogP contribution is -3.15. The molecule has 4 heteroatoms. The first-order valence-electron chi connectivity index (χ1n) is 8.34. The molecule has 0 aliphatic carbocycles. The second kappa shape index (κ2) is 8.30. The molecule has 2 atom stereocenters. The van der Waals surface area contributed by atoms with Gasteiger partial charge in [0.1, 0.15) is 31.0 Å². The largest absolute Gasteiger partial charge is 0.493 e. The van der Waals surface area contributed by atoms with Gasteiger partial charge < -0.3 is 14.4 Å². The van der Waals surface area contributed by atoms with Gasteiger partial charge in [-0.25, -0.2) is 0 Å². The molecule has 0 saturated carbocycles. The van der Waals surface area contributed by atoms with Crippen molar-refractivity contribution in [3.8, 4) is 5.75 Å². The van der Waals surface area contributed by atoms with E-state index in [-0.39, 0.29) is 5.78 Å².